The molecule has 0 spiro atoms. The number of nitrogens with two attached hydrogens (primary N) is 1. The Kier molecular flexibility index (Phi) is 3.01. The second kappa shape index (κ2) is 4.47. The quantitative estimate of drug-likeness (QED) is 0.816. The largest absolute Gasteiger partial charge is 0.495 e. The van der Waals surface area contributed by atoms with E-state index in [1.165, 1.54) is 13.3 Å². The first-order valence-corrected chi connectivity index (χ1v) is 5.18. The van der Waals surface area contributed by atoms with Crippen LogP contribution < -0.4 is 10.5 Å². The van der Waals surface area contributed by atoms with Crippen LogP contribution in [0, 0.1) is 0 Å². The molecule has 0 radical (unpaired) electrons. The number of aromatic amines is 1. The summed E-state index contributed by atoms with van der Waals surface area (Å²) in [5, 5.41) is 6.66. The van der Waals surface area contributed by atoms with Gasteiger partial charge in [0, 0.05) is 5.56 Å². The van der Waals surface area contributed by atoms with Gasteiger partial charge in [-0.3, -0.25) is 9.89 Å². The van der Waals surface area contributed by atoms with Crippen LogP contribution in [0.15, 0.2) is 24.4 Å². The summed E-state index contributed by atoms with van der Waals surface area (Å²) in [7, 11) is 1.49. The molecule has 1 aromatic carbocycles. The molecule has 3 N–H and O–H groups in total. The van der Waals surface area contributed by atoms with Crippen molar-refractivity contribution in [3.8, 4) is 5.75 Å². The number of halogens is 1. The van der Waals surface area contributed by atoms with E-state index in [-0.39, 0.29) is 11.6 Å². The first-order valence-electron chi connectivity index (χ1n) is 4.80. The molecule has 17 heavy (non-hydrogen) atoms. The van der Waals surface area contributed by atoms with Crippen molar-refractivity contribution in [1.29, 1.82) is 0 Å². The van der Waals surface area contributed by atoms with Crippen LogP contribution in [-0.2, 0) is 0 Å². The molecule has 0 unspecified atom stereocenters. The molecule has 0 aliphatic rings. The fourth-order valence-electron chi connectivity index (χ4n) is 1.43. The minimum atomic E-state index is -0.230. The number of nitrogen functional groups attached to an aromatic ring is 1. The topological polar surface area (TPSA) is 81.0 Å². The molecule has 1 aromatic heterocycles. The third-order valence-corrected chi connectivity index (χ3v) is 2.64. The first kappa shape index (κ1) is 11.5. The van der Waals surface area contributed by atoms with E-state index < -0.39 is 0 Å². The molecule has 88 valence electrons. The van der Waals surface area contributed by atoms with Crippen LogP contribution in [0.2, 0.25) is 5.02 Å². The van der Waals surface area contributed by atoms with Crippen molar-refractivity contribution in [2.24, 2.45) is 0 Å². The minimum Gasteiger partial charge on any atom is -0.495 e. The fraction of sp³-hybridized carbons (Fsp3) is 0.0909. The molecule has 0 aliphatic carbocycles. The number of ether oxygens (including phenoxy) is 1. The lowest BCUT2D eigenvalue weighted by Crippen LogP contribution is -2.04. The Labute approximate surface area is 103 Å². The molecular weight excluding hydrogens is 242 g/mol. The van der Waals surface area contributed by atoms with Gasteiger partial charge in [-0.1, -0.05) is 11.6 Å². The number of rotatable bonds is 3. The summed E-state index contributed by atoms with van der Waals surface area (Å²) < 4.78 is 5.04. The average molecular weight is 252 g/mol. The van der Waals surface area contributed by atoms with Crippen LogP contribution in [0.4, 0.5) is 5.82 Å². The predicted octanol–water partition coefficient (Wildman–Crippen LogP) is 1.88. The number of carbonyl (C=O) groups is 1. The first-order chi connectivity index (χ1) is 8.13. The Balaban J connectivity index is 2.41. The van der Waals surface area contributed by atoms with Crippen molar-refractivity contribution in [3.63, 3.8) is 0 Å². The molecule has 0 fully saturated rings. The number of benzene rings is 1. The number of aromatic nitrogens is 2. The van der Waals surface area contributed by atoms with Gasteiger partial charge in [-0.2, -0.15) is 5.10 Å². The third-order valence-electron chi connectivity index (χ3n) is 2.33. The summed E-state index contributed by atoms with van der Waals surface area (Å²) >= 11 is 5.88. The number of hydrogen-bond acceptors (Lipinski definition) is 4. The summed E-state index contributed by atoms with van der Waals surface area (Å²) in [4.78, 5) is 12.1. The van der Waals surface area contributed by atoms with Crippen LogP contribution in [0.3, 0.4) is 0 Å². The number of hydrogen-bond donors (Lipinski definition) is 2. The highest BCUT2D eigenvalue weighted by Gasteiger charge is 2.15. The predicted molar refractivity (Wildman–Crippen MR) is 64.4 cm³/mol. The number of nitrogens with one attached hydrogen (secondary N) is 1. The monoisotopic (exact) mass is 251 g/mol. The van der Waals surface area contributed by atoms with Gasteiger partial charge >= 0.3 is 0 Å². The zero-order chi connectivity index (χ0) is 12.4. The van der Waals surface area contributed by atoms with Gasteiger partial charge in [0.2, 0.25) is 0 Å². The highest BCUT2D eigenvalue weighted by atomic mass is 35.5. The van der Waals surface area contributed by atoms with Gasteiger partial charge < -0.3 is 10.5 Å². The second-order valence-electron chi connectivity index (χ2n) is 3.38. The van der Waals surface area contributed by atoms with Crippen molar-refractivity contribution < 1.29 is 9.53 Å². The number of nitrogens with zero attached hydrogens (tertiary/aromatic N) is 1. The summed E-state index contributed by atoms with van der Waals surface area (Å²) in [6.07, 6.45) is 1.39. The van der Waals surface area contributed by atoms with E-state index in [2.05, 4.69) is 10.2 Å². The molecule has 0 bridgehead atoms. The Morgan fingerprint density at radius 1 is 1.53 bits per heavy atom. The van der Waals surface area contributed by atoms with Crippen LogP contribution >= 0.6 is 11.6 Å². The number of H-pyrrole nitrogens is 1. The highest BCUT2D eigenvalue weighted by Crippen LogP contribution is 2.26. The van der Waals surface area contributed by atoms with Gasteiger partial charge in [-0.15, -0.1) is 0 Å². The van der Waals surface area contributed by atoms with Crippen molar-refractivity contribution >= 4 is 23.2 Å². The molecular formula is C11H10ClN3O2. The Morgan fingerprint density at radius 3 is 2.88 bits per heavy atom. The van der Waals surface area contributed by atoms with Crippen LogP contribution in [0.1, 0.15) is 15.9 Å². The lowest BCUT2D eigenvalue weighted by atomic mass is 10.1. The normalized spacial score (nSPS) is 10.2. The molecule has 0 saturated heterocycles. The highest BCUT2D eigenvalue weighted by molar-refractivity contribution is 6.32. The number of anilines is 1. The molecule has 5 nitrogen and oxygen atoms in total. The maximum atomic E-state index is 12.1. The van der Waals surface area contributed by atoms with E-state index >= 15 is 0 Å². The summed E-state index contributed by atoms with van der Waals surface area (Å²) in [6, 6.07) is 4.78. The molecule has 0 atom stereocenters. The zero-order valence-corrected chi connectivity index (χ0v) is 9.78. The third kappa shape index (κ3) is 2.09. The molecule has 0 amide bonds. The van der Waals surface area contributed by atoms with E-state index in [1.54, 1.807) is 18.2 Å². The van der Waals surface area contributed by atoms with Crippen molar-refractivity contribution in [3.05, 3.63) is 40.5 Å². The lowest BCUT2D eigenvalue weighted by Gasteiger charge is -2.05. The second-order valence-corrected chi connectivity index (χ2v) is 3.78. The molecule has 6 heteroatoms. The van der Waals surface area contributed by atoms with Crippen LogP contribution in [-0.4, -0.2) is 23.1 Å². The standard InChI is InChI=1S/C11H10ClN3O2/c1-17-9-4-6(2-3-8(9)12)10(16)7-5-14-15-11(7)13/h2-5H,1H3,(H3,13,14,15). The lowest BCUT2D eigenvalue weighted by molar-refractivity contribution is 0.103. The Morgan fingerprint density at radius 2 is 2.29 bits per heavy atom. The van der Waals surface area contributed by atoms with Gasteiger partial charge in [0.05, 0.1) is 23.9 Å². The fourth-order valence-corrected chi connectivity index (χ4v) is 1.63. The molecule has 2 aromatic rings. The van der Waals surface area contributed by atoms with E-state index in [1.807, 2.05) is 0 Å². The van der Waals surface area contributed by atoms with Gasteiger partial charge in [-0.05, 0) is 18.2 Å². The summed E-state index contributed by atoms with van der Waals surface area (Å²) in [5.41, 5.74) is 6.36. The van der Waals surface area contributed by atoms with E-state index in [0.717, 1.165) is 0 Å². The number of carbonyl (C=O) groups excluding carboxylic acids is 1. The summed E-state index contributed by atoms with van der Waals surface area (Å²) in [6.45, 7) is 0. The van der Waals surface area contributed by atoms with Crippen molar-refractivity contribution in [2.75, 3.05) is 12.8 Å². The molecule has 2 rings (SSSR count). The van der Waals surface area contributed by atoms with E-state index in [9.17, 15) is 4.79 Å². The van der Waals surface area contributed by atoms with E-state index in [0.29, 0.717) is 21.9 Å². The number of ketones is 1. The van der Waals surface area contributed by atoms with Gasteiger partial charge in [-0.25, -0.2) is 0 Å². The van der Waals surface area contributed by atoms with Crippen LogP contribution in [0.5, 0.6) is 5.75 Å². The zero-order valence-electron chi connectivity index (χ0n) is 9.03. The smallest absolute Gasteiger partial charge is 0.198 e. The van der Waals surface area contributed by atoms with Gasteiger partial charge in [0.1, 0.15) is 11.6 Å². The SMILES string of the molecule is COc1cc(C(=O)c2cn[nH]c2N)ccc1Cl. The molecule has 0 aliphatic heterocycles. The number of methoxy groups -OCH3 is 1. The molecule has 1 heterocycles. The maximum absolute atomic E-state index is 12.1. The minimum absolute atomic E-state index is 0.230. The van der Waals surface area contributed by atoms with Crippen LogP contribution in [0.25, 0.3) is 0 Å². The summed E-state index contributed by atoms with van der Waals surface area (Å²) in [5.74, 6) is 0.453. The van der Waals surface area contributed by atoms with Crippen molar-refractivity contribution in [1.82, 2.24) is 10.2 Å². The van der Waals surface area contributed by atoms with Crippen molar-refractivity contribution in [2.45, 2.75) is 0 Å². The maximum Gasteiger partial charge on any atom is 0.198 e. The van der Waals surface area contributed by atoms with Gasteiger partial charge in [0.15, 0.2) is 5.78 Å². The average Bonchev–Trinajstić information content (AvgIpc) is 2.75. The Bertz CT molecular complexity index is 566. The van der Waals surface area contributed by atoms with Gasteiger partial charge in [0.25, 0.3) is 0 Å². The molecule has 0 saturated carbocycles. The van der Waals surface area contributed by atoms with E-state index in [4.69, 9.17) is 22.1 Å². The Hall–Kier alpha value is -2.01.